The van der Waals surface area contributed by atoms with Gasteiger partial charge >= 0.3 is 0 Å². The predicted molar refractivity (Wildman–Crippen MR) is 71.9 cm³/mol. The summed E-state index contributed by atoms with van der Waals surface area (Å²) >= 11 is 5.85. The molecule has 1 aliphatic rings. The van der Waals surface area contributed by atoms with Gasteiger partial charge in [-0.2, -0.15) is 0 Å². The van der Waals surface area contributed by atoms with Crippen LogP contribution in [0.4, 0.5) is 0 Å². The van der Waals surface area contributed by atoms with Gasteiger partial charge in [0, 0.05) is 18.1 Å². The number of halogens is 1. The summed E-state index contributed by atoms with van der Waals surface area (Å²) < 4.78 is 5.46. The molecule has 1 aliphatic heterocycles. The molecule has 0 unspecified atom stereocenters. The molecule has 0 N–H and O–H groups in total. The Morgan fingerprint density at radius 1 is 1.56 bits per heavy atom. The lowest BCUT2D eigenvalue weighted by Gasteiger charge is -2.30. The largest absolute Gasteiger partial charge is 0.484 e. The highest BCUT2D eigenvalue weighted by molar-refractivity contribution is 6.30. The van der Waals surface area contributed by atoms with Crippen LogP contribution in [0.25, 0.3) is 0 Å². The molecule has 18 heavy (non-hydrogen) atoms. The van der Waals surface area contributed by atoms with E-state index in [4.69, 9.17) is 16.3 Å². The quantitative estimate of drug-likeness (QED) is 0.843. The fourth-order valence-corrected chi connectivity index (χ4v) is 2.39. The number of ether oxygens (including phenoxy) is 1. The maximum absolute atomic E-state index is 12.0. The summed E-state index contributed by atoms with van der Waals surface area (Å²) in [5, 5.41) is 0.617. The van der Waals surface area contributed by atoms with Crippen molar-refractivity contribution < 1.29 is 9.53 Å². The molecule has 0 bridgehead atoms. The van der Waals surface area contributed by atoms with E-state index in [1.165, 1.54) is 6.42 Å². The molecule has 0 aliphatic carbocycles. The summed E-state index contributed by atoms with van der Waals surface area (Å²) in [6, 6.07) is 7.11. The van der Waals surface area contributed by atoms with E-state index < -0.39 is 0 Å². The fourth-order valence-electron chi connectivity index (χ4n) is 2.21. The van der Waals surface area contributed by atoms with Crippen LogP contribution in [0, 0.1) is 5.92 Å². The molecule has 1 aromatic carbocycles. The molecule has 0 radical (unpaired) electrons. The third-order valence-corrected chi connectivity index (χ3v) is 3.40. The maximum atomic E-state index is 12.0. The van der Waals surface area contributed by atoms with Crippen molar-refractivity contribution in [3.63, 3.8) is 0 Å². The Hall–Kier alpha value is -1.22. The van der Waals surface area contributed by atoms with Gasteiger partial charge in [-0.1, -0.05) is 24.6 Å². The summed E-state index contributed by atoms with van der Waals surface area (Å²) in [6.45, 7) is 3.96. The van der Waals surface area contributed by atoms with Gasteiger partial charge in [-0.3, -0.25) is 4.79 Å². The van der Waals surface area contributed by atoms with Crippen molar-refractivity contribution >= 4 is 17.5 Å². The molecule has 2 rings (SSSR count). The van der Waals surface area contributed by atoms with Crippen molar-refractivity contribution in [1.29, 1.82) is 0 Å². The molecule has 98 valence electrons. The Kier molecular flexibility index (Phi) is 4.48. The van der Waals surface area contributed by atoms with E-state index in [0.29, 0.717) is 16.7 Å². The number of likely N-dealkylation sites (tertiary alicyclic amines) is 1. The summed E-state index contributed by atoms with van der Waals surface area (Å²) in [6.07, 6.45) is 2.29. The molecule has 1 atom stereocenters. The third-order valence-electron chi connectivity index (χ3n) is 3.17. The Labute approximate surface area is 113 Å². The van der Waals surface area contributed by atoms with Gasteiger partial charge in [-0.25, -0.2) is 0 Å². The average Bonchev–Trinajstić information content (AvgIpc) is 2.36. The monoisotopic (exact) mass is 267 g/mol. The molecule has 1 fully saturated rings. The van der Waals surface area contributed by atoms with Crippen molar-refractivity contribution in [2.45, 2.75) is 19.8 Å². The highest BCUT2D eigenvalue weighted by Gasteiger charge is 2.20. The second-order valence-corrected chi connectivity index (χ2v) is 5.27. The zero-order valence-electron chi connectivity index (χ0n) is 10.6. The van der Waals surface area contributed by atoms with Crippen molar-refractivity contribution in [2.75, 3.05) is 19.7 Å². The number of piperidine rings is 1. The first-order valence-corrected chi connectivity index (χ1v) is 6.69. The summed E-state index contributed by atoms with van der Waals surface area (Å²) in [5.74, 6) is 1.29. The first-order chi connectivity index (χ1) is 8.65. The third kappa shape index (κ3) is 3.64. The van der Waals surface area contributed by atoms with Crippen LogP contribution in [0.2, 0.25) is 5.02 Å². The van der Waals surface area contributed by atoms with Gasteiger partial charge in [0.05, 0.1) is 0 Å². The van der Waals surface area contributed by atoms with E-state index in [0.717, 1.165) is 19.5 Å². The zero-order valence-corrected chi connectivity index (χ0v) is 11.3. The van der Waals surface area contributed by atoms with Gasteiger partial charge in [-0.15, -0.1) is 0 Å². The highest BCUT2D eigenvalue weighted by Crippen LogP contribution is 2.18. The van der Waals surface area contributed by atoms with Crippen molar-refractivity contribution in [3.05, 3.63) is 29.3 Å². The zero-order chi connectivity index (χ0) is 13.0. The minimum absolute atomic E-state index is 0.0570. The minimum atomic E-state index is 0.0570. The SMILES string of the molecule is C[C@@H]1CCCN(C(=O)COc2cccc(Cl)c2)C1. The molecule has 4 heteroatoms. The number of hydrogen-bond donors (Lipinski definition) is 0. The molecule has 0 aromatic heterocycles. The smallest absolute Gasteiger partial charge is 0.260 e. The van der Waals surface area contributed by atoms with E-state index >= 15 is 0 Å². The summed E-state index contributed by atoms with van der Waals surface area (Å²) in [7, 11) is 0. The number of carbonyl (C=O) groups excluding carboxylic acids is 1. The Morgan fingerprint density at radius 3 is 3.11 bits per heavy atom. The fraction of sp³-hybridized carbons (Fsp3) is 0.500. The van der Waals surface area contributed by atoms with Gasteiger partial charge in [0.15, 0.2) is 6.61 Å². The Bertz CT molecular complexity index is 422. The molecule has 1 saturated heterocycles. The van der Waals surface area contributed by atoms with Crippen molar-refractivity contribution in [1.82, 2.24) is 4.90 Å². The molecule has 1 heterocycles. The van der Waals surface area contributed by atoms with Crippen LogP contribution in [0.5, 0.6) is 5.75 Å². The normalized spacial score (nSPS) is 19.7. The van der Waals surface area contributed by atoms with E-state index in [1.54, 1.807) is 18.2 Å². The second-order valence-electron chi connectivity index (χ2n) is 4.83. The molecular formula is C14H18ClNO2. The number of rotatable bonds is 3. The molecule has 1 aromatic rings. The van der Waals surface area contributed by atoms with E-state index in [1.807, 2.05) is 11.0 Å². The van der Waals surface area contributed by atoms with Crippen LogP contribution in [0.15, 0.2) is 24.3 Å². The molecular weight excluding hydrogens is 250 g/mol. The van der Waals surface area contributed by atoms with Crippen molar-refractivity contribution in [2.24, 2.45) is 5.92 Å². The first kappa shape index (κ1) is 13.2. The van der Waals surface area contributed by atoms with Crippen molar-refractivity contribution in [3.8, 4) is 5.75 Å². The topological polar surface area (TPSA) is 29.5 Å². The molecule has 3 nitrogen and oxygen atoms in total. The summed E-state index contributed by atoms with van der Waals surface area (Å²) in [4.78, 5) is 13.9. The molecule has 1 amide bonds. The Balaban J connectivity index is 1.84. The van der Waals surface area contributed by atoms with Crippen LogP contribution in [0.3, 0.4) is 0 Å². The van der Waals surface area contributed by atoms with Gasteiger partial charge in [0.25, 0.3) is 5.91 Å². The second kappa shape index (κ2) is 6.10. The van der Waals surface area contributed by atoms with Crippen LogP contribution in [-0.2, 0) is 4.79 Å². The van der Waals surface area contributed by atoms with Crippen LogP contribution in [0.1, 0.15) is 19.8 Å². The standard InChI is InChI=1S/C14H18ClNO2/c1-11-4-3-7-16(9-11)14(17)10-18-13-6-2-5-12(15)8-13/h2,5-6,8,11H,3-4,7,9-10H2,1H3/t11-/m1/s1. The minimum Gasteiger partial charge on any atom is -0.484 e. The van der Waals surface area contributed by atoms with Crippen LogP contribution < -0.4 is 4.74 Å². The maximum Gasteiger partial charge on any atom is 0.260 e. The lowest BCUT2D eigenvalue weighted by Crippen LogP contribution is -2.41. The first-order valence-electron chi connectivity index (χ1n) is 6.31. The van der Waals surface area contributed by atoms with Gasteiger partial charge in [0.2, 0.25) is 0 Å². The van der Waals surface area contributed by atoms with Gasteiger partial charge < -0.3 is 9.64 Å². The average molecular weight is 268 g/mol. The lowest BCUT2D eigenvalue weighted by atomic mass is 10.0. The van der Waals surface area contributed by atoms with Gasteiger partial charge in [0.1, 0.15) is 5.75 Å². The van der Waals surface area contributed by atoms with Crippen LogP contribution in [-0.4, -0.2) is 30.5 Å². The van der Waals surface area contributed by atoms with Crippen LogP contribution >= 0.6 is 11.6 Å². The molecule has 0 saturated carbocycles. The molecule has 0 spiro atoms. The number of carbonyl (C=O) groups is 1. The summed E-state index contributed by atoms with van der Waals surface area (Å²) in [5.41, 5.74) is 0. The predicted octanol–water partition coefficient (Wildman–Crippen LogP) is 2.98. The number of nitrogens with zero attached hydrogens (tertiary/aromatic N) is 1. The number of amides is 1. The van der Waals surface area contributed by atoms with E-state index in [9.17, 15) is 4.79 Å². The number of hydrogen-bond acceptors (Lipinski definition) is 2. The Morgan fingerprint density at radius 2 is 2.39 bits per heavy atom. The highest BCUT2D eigenvalue weighted by atomic mass is 35.5. The van der Waals surface area contributed by atoms with E-state index in [-0.39, 0.29) is 12.5 Å². The van der Waals surface area contributed by atoms with Gasteiger partial charge in [-0.05, 0) is 37.0 Å². The lowest BCUT2D eigenvalue weighted by molar-refractivity contribution is -0.135. The van der Waals surface area contributed by atoms with E-state index in [2.05, 4.69) is 6.92 Å². The number of benzene rings is 1.